The SMILES string of the molecule is CCC(C)(N)c1cc(C)c(Br)c(C)c1. The Morgan fingerprint density at radius 2 is 1.71 bits per heavy atom. The predicted octanol–water partition coefficient (Wildman–Crippen LogP) is 3.65. The predicted molar refractivity (Wildman–Crippen MR) is 65.4 cm³/mol. The Morgan fingerprint density at radius 3 is 2.07 bits per heavy atom. The Bertz CT molecular complexity index is 319. The molecule has 1 unspecified atom stereocenters. The van der Waals surface area contributed by atoms with E-state index < -0.39 is 0 Å². The van der Waals surface area contributed by atoms with E-state index in [9.17, 15) is 0 Å². The van der Waals surface area contributed by atoms with Crippen LogP contribution in [-0.4, -0.2) is 0 Å². The normalized spacial score (nSPS) is 15.3. The summed E-state index contributed by atoms with van der Waals surface area (Å²) >= 11 is 3.56. The lowest BCUT2D eigenvalue weighted by Gasteiger charge is -2.24. The average molecular weight is 256 g/mol. The van der Waals surface area contributed by atoms with Crippen LogP contribution in [0.15, 0.2) is 16.6 Å². The topological polar surface area (TPSA) is 26.0 Å². The van der Waals surface area contributed by atoms with Crippen LogP contribution < -0.4 is 5.73 Å². The molecule has 14 heavy (non-hydrogen) atoms. The minimum atomic E-state index is -0.212. The fraction of sp³-hybridized carbons (Fsp3) is 0.500. The van der Waals surface area contributed by atoms with E-state index in [0.29, 0.717) is 0 Å². The highest BCUT2D eigenvalue weighted by Gasteiger charge is 2.19. The lowest BCUT2D eigenvalue weighted by atomic mass is 9.88. The fourth-order valence-electron chi connectivity index (χ4n) is 1.48. The van der Waals surface area contributed by atoms with Crippen molar-refractivity contribution in [3.63, 3.8) is 0 Å². The molecule has 1 atom stereocenters. The van der Waals surface area contributed by atoms with E-state index in [2.05, 4.69) is 55.8 Å². The van der Waals surface area contributed by atoms with Crippen LogP contribution >= 0.6 is 15.9 Å². The molecule has 0 saturated heterocycles. The molecule has 1 aromatic rings. The number of halogens is 1. The maximum Gasteiger partial charge on any atom is 0.0378 e. The molecule has 0 fully saturated rings. The summed E-state index contributed by atoms with van der Waals surface area (Å²) < 4.78 is 1.19. The molecule has 2 heteroatoms. The zero-order valence-electron chi connectivity index (χ0n) is 9.32. The van der Waals surface area contributed by atoms with Crippen molar-refractivity contribution in [2.24, 2.45) is 5.73 Å². The molecule has 0 amide bonds. The Morgan fingerprint density at radius 1 is 1.29 bits per heavy atom. The van der Waals surface area contributed by atoms with Gasteiger partial charge in [-0.05, 0) is 43.9 Å². The minimum absolute atomic E-state index is 0.212. The highest BCUT2D eigenvalue weighted by molar-refractivity contribution is 9.10. The molecule has 0 aliphatic heterocycles. The van der Waals surface area contributed by atoms with Crippen LogP contribution in [0.4, 0.5) is 0 Å². The molecule has 0 radical (unpaired) electrons. The van der Waals surface area contributed by atoms with Crippen molar-refractivity contribution in [3.05, 3.63) is 33.3 Å². The van der Waals surface area contributed by atoms with Crippen LogP contribution in [0.25, 0.3) is 0 Å². The maximum absolute atomic E-state index is 6.21. The third-order valence-electron chi connectivity index (χ3n) is 2.83. The molecule has 0 saturated carbocycles. The van der Waals surface area contributed by atoms with Crippen molar-refractivity contribution < 1.29 is 0 Å². The minimum Gasteiger partial charge on any atom is -0.322 e. The molecule has 1 nitrogen and oxygen atoms in total. The molecule has 0 bridgehead atoms. The van der Waals surface area contributed by atoms with Crippen LogP contribution in [0.5, 0.6) is 0 Å². The van der Waals surface area contributed by atoms with Gasteiger partial charge in [0.1, 0.15) is 0 Å². The van der Waals surface area contributed by atoms with Gasteiger partial charge in [-0.3, -0.25) is 0 Å². The number of hydrogen-bond donors (Lipinski definition) is 1. The molecule has 2 N–H and O–H groups in total. The van der Waals surface area contributed by atoms with Gasteiger partial charge in [-0.25, -0.2) is 0 Å². The molecular weight excluding hydrogens is 238 g/mol. The number of benzene rings is 1. The smallest absolute Gasteiger partial charge is 0.0378 e. The summed E-state index contributed by atoms with van der Waals surface area (Å²) in [4.78, 5) is 0. The standard InChI is InChI=1S/C12H18BrN/c1-5-12(4,14)10-6-8(2)11(13)9(3)7-10/h6-7H,5,14H2,1-4H3. The van der Waals surface area contributed by atoms with Gasteiger partial charge in [-0.1, -0.05) is 35.0 Å². The molecule has 0 aliphatic rings. The van der Waals surface area contributed by atoms with Gasteiger partial charge in [0, 0.05) is 10.0 Å². The molecular formula is C12H18BrN. The Kier molecular flexibility index (Phi) is 3.38. The summed E-state index contributed by atoms with van der Waals surface area (Å²) in [7, 11) is 0. The second-order valence-electron chi connectivity index (χ2n) is 4.20. The van der Waals surface area contributed by atoms with Crippen molar-refractivity contribution in [2.45, 2.75) is 39.7 Å². The van der Waals surface area contributed by atoms with E-state index in [1.807, 2.05) is 0 Å². The third-order valence-corrected chi connectivity index (χ3v) is 4.08. The summed E-state index contributed by atoms with van der Waals surface area (Å²) in [6.45, 7) is 8.40. The zero-order chi connectivity index (χ0) is 10.9. The first-order chi connectivity index (χ1) is 6.38. The number of hydrogen-bond acceptors (Lipinski definition) is 1. The average Bonchev–Trinajstić information content (AvgIpc) is 2.13. The molecule has 1 aromatic carbocycles. The lowest BCUT2D eigenvalue weighted by Crippen LogP contribution is -2.32. The Labute approximate surface area is 94.8 Å². The Hall–Kier alpha value is -0.340. The van der Waals surface area contributed by atoms with Gasteiger partial charge in [-0.15, -0.1) is 0 Å². The number of rotatable bonds is 2. The van der Waals surface area contributed by atoms with E-state index in [1.165, 1.54) is 21.2 Å². The largest absolute Gasteiger partial charge is 0.322 e. The summed E-state index contributed by atoms with van der Waals surface area (Å²) in [6, 6.07) is 4.33. The maximum atomic E-state index is 6.21. The van der Waals surface area contributed by atoms with Crippen molar-refractivity contribution >= 4 is 15.9 Å². The van der Waals surface area contributed by atoms with Gasteiger partial charge in [0.15, 0.2) is 0 Å². The van der Waals surface area contributed by atoms with Crippen LogP contribution in [0.3, 0.4) is 0 Å². The first-order valence-electron chi connectivity index (χ1n) is 4.94. The second kappa shape index (κ2) is 4.03. The quantitative estimate of drug-likeness (QED) is 0.858. The summed E-state index contributed by atoms with van der Waals surface area (Å²) in [5.41, 5.74) is 9.73. The lowest BCUT2D eigenvalue weighted by molar-refractivity contribution is 0.476. The van der Waals surface area contributed by atoms with E-state index in [4.69, 9.17) is 5.73 Å². The van der Waals surface area contributed by atoms with E-state index in [1.54, 1.807) is 0 Å². The highest BCUT2D eigenvalue weighted by Crippen LogP contribution is 2.28. The molecule has 1 rings (SSSR count). The van der Waals surface area contributed by atoms with Crippen LogP contribution in [0.1, 0.15) is 37.0 Å². The van der Waals surface area contributed by atoms with Crippen molar-refractivity contribution in [3.8, 4) is 0 Å². The molecule has 0 aliphatic carbocycles. The van der Waals surface area contributed by atoms with Gasteiger partial charge in [0.05, 0.1) is 0 Å². The Balaban J connectivity index is 3.26. The fourth-order valence-corrected chi connectivity index (χ4v) is 1.71. The van der Waals surface area contributed by atoms with E-state index in [0.717, 1.165) is 6.42 Å². The van der Waals surface area contributed by atoms with Crippen molar-refractivity contribution in [2.75, 3.05) is 0 Å². The summed E-state index contributed by atoms with van der Waals surface area (Å²) in [6.07, 6.45) is 0.952. The van der Waals surface area contributed by atoms with Crippen LogP contribution in [0, 0.1) is 13.8 Å². The highest BCUT2D eigenvalue weighted by atomic mass is 79.9. The van der Waals surface area contributed by atoms with Gasteiger partial charge < -0.3 is 5.73 Å². The first kappa shape index (κ1) is 11.7. The monoisotopic (exact) mass is 255 g/mol. The zero-order valence-corrected chi connectivity index (χ0v) is 10.9. The molecule has 0 spiro atoms. The van der Waals surface area contributed by atoms with Crippen molar-refractivity contribution in [1.29, 1.82) is 0 Å². The third kappa shape index (κ3) is 2.18. The summed E-state index contributed by atoms with van der Waals surface area (Å²) in [5, 5.41) is 0. The summed E-state index contributed by atoms with van der Waals surface area (Å²) in [5.74, 6) is 0. The van der Waals surface area contributed by atoms with E-state index in [-0.39, 0.29) is 5.54 Å². The number of nitrogens with two attached hydrogens (primary N) is 1. The van der Waals surface area contributed by atoms with E-state index >= 15 is 0 Å². The first-order valence-corrected chi connectivity index (χ1v) is 5.74. The van der Waals surface area contributed by atoms with Gasteiger partial charge in [0.25, 0.3) is 0 Å². The van der Waals surface area contributed by atoms with Gasteiger partial charge in [0.2, 0.25) is 0 Å². The van der Waals surface area contributed by atoms with Crippen LogP contribution in [0.2, 0.25) is 0 Å². The molecule has 0 aromatic heterocycles. The van der Waals surface area contributed by atoms with Crippen molar-refractivity contribution in [1.82, 2.24) is 0 Å². The van der Waals surface area contributed by atoms with Gasteiger partial charge in [-0.2, -0.15) is 0 Å². The second-order valence-corrected chi connectivity index (χ2v) is 4.99. The van der Waals surface area contributed by atoms with Crippen LogP contribution in [-0.2, 0) is 5.54 Å². The molecule has 78 valence electrons. The van der Waals surface area contributed by atoms with Gasteiger partial charge >= 0.3 is 0 Å². The number of aryl methyl sites for hydroxylation is 2. The molecule has 0 heterocycles.